The summed E-state index contributed by atoms with van der Waals surface area (Å²) in [5.41, 5.74) is 1.20. The van der Waals surface area contributed by atoms with E-state index in [1.807, 2.05) is 18.3 Å². The van der Waals surface area contributed by atoms with Crippen LogP contribution in [0.2, 0.25) is 0 Å². The van der Waals surface area contributed by atoms with Crippen LogP contribution in [0.3, 0.4) is 0 Å². The van der Waals surface area contributed by atoms with Gasteiger partial charge >= 0.3 is 0 Å². The number of hydrogen-bond acceptors (Lipinski definition) is 2. The number of H-pyrrole nitrogens is 1. The minimum Gasteiger partial charge on any atom is -0.364 e. The van der Waals surface area contributed by atoms with Gasteiger partial charge in [-0.05, 0) is 25.1 Å². The van der Waals surface area contributed by atoms with E-state index in [0.717, 1.165) is 23.4 Å². The summed E-state index contributed by atoms with van der Waals surface area (Å²) < 4.78 is 1.10. The van der Waals surface area contributed by atoms with Crippen LogP contribution in [0.4, 0.5) is 5.69 Å². The van der Waals surface area contributed by atoms with Crippen LogP contribution < -0.4 is 4.90 Å². The molecule has 0 saturated heterocycles. The summed E-state index contributed by atoms with van der Waals surface area (Å²) in [4.78, 5) is 9.63. The quantitative estimate of drug-likeness (QED) is 0.932. The Morgan fingerprint density at radius 3 is 2.94 bits per heavy atom. The first-order chi connectivity index (χ1) is 7.79. The second-order valence-electron chi connectivity index (χ2n) is 3.53. The van der Waals surface area contributed by atoms with Gasteiger partial charge in [-0.25, -0.2) is 4.98 Å². The van der Waals surface area contributed by atoms with Crippen molar-refractivity contribution in [2.24, 2.45) is 0 Å². The van der Waals surface area contributed by atoms with Gasteiger partial charge in [-0.15, -0.1) is 0 Å². The Balaban J connectivity index is 2.16. The monoisotopic (exact) mass is 279 g/mol. The van der Waals surface area contributed by atoms with Gasteiger partial charge in [-0.3, -0.25) is 0 Å². The predicted octanol–water partition coefficient (Wildman–Crippen LogP) is 3.20. The lowest BCUT2D eigenvalue weighted by atomic mass is 10.3. The molecule has 0 aliphatic carbocycles. The molecule has 1 aromatic heterocycles. The molecule has 0 radical (unpaired) electrons. The summed E-state index contributed by atoms with van der Waals surface area (Å²) >= 11 is 3.49. The van der Waals surface area contributed by atoms with Crippen LogP contribution in [0.1, 0.15) is 12.7 Å². The van der Waals surface area contributed by atoms with E-state index in [-0.39, 0.29) is 0 Å². The fraction of sp³-hybridized carbons (Fsp3) is 0.250. The van der Waals surface area contributed by atoms with Crippen LogP contribution in [0, 0.1) is 0 Å². The zero-order valence-corrected chi connectivity index (χ0v) is 10.7. The van der Waals surface area contributed by atoms with Crippen molar-refractivity contribution in [1.29, 1.82) is 0 Å². The highest BCUT2D eigenvalue weighted by Crippen LogP contribution is 2.20. The molecule has 0 spiro atoms. The van der Waals surface area contributed by atoms with Crippen molar-refractivity contribution in [3.05, 3.63) is 47.0 Å². The van der Waals surface area contributed by atoms with Crippen LogP contribution in [-0.4, -0.2) is 16.5 Å². The van der Waals surface area contributed by atoms with E-state index in [9.17, 15) is 0 Å². The third-order valence-electron chi connectivity index (χ3n) is 2.45. The molecule has 0 saturated carbocycles. The Morgan fingerprint density at radius 2 is 2.31 bits per heavy atom. The number of hydrogen-bond donors (Lipinski definition) is 1. The molecule has 2 rings (SSSR count). The fourth-order valence-electron chi connectivity index (χ4n) is 1.62. The molecule has 0 bridgehead atoms. The Kier molecular flexibility index (Phi) is 3.62. The molecule has 4 heteroatoms. The number of anilines is 1. The van der Waals surface area contributed by atoms with Gasteiger partial charge in [0.05, 0.1) is 6.54 Å². The van der Waals surface area contributed by atoms with Gasteiger partial charge in [-0.2, -0.15) is 0 Å². The summed E-state index contributed by atoms with van der Waals surface area (Å²) in [5.74, 6) is 0.988. The third-order valence-corrected chi connectivity index (χ3v) is 2.94. The van der Waals surface area contributed by atoms with Crippen LogP contribution in [0.5, 0.6) is 0 Å². The van der Waals surface area contributed by atoms with Gasteiger partial charge < -0.3 is 9.88 Å². The normalized spacial score (nSPS) is 10.4. The van der Waals surface area contributed by atoms with Gasteiger partial charge in [-0.1, -0.05) is 22.0 Å². The molecule has 0 unspecified atom stereocenters. The average Bonchev–Trinajstić information content (AvgIpc) is 2.78. The van der Waals surface area contributed by atoms with Crippen molar-refractivity contribution in [1.82, 2.24) is 9.97 Å². The maximum atomic E-state index is 4.24. The van der Waals surface area contributed by atoms with Crippen molar-refractivity contribution >= 4 is 21.6 Å². The van der Waals surface area contributed by atoms with E-state index in [4.69, 9.17) is 0 Å². The highest BCUT2D eigenvalue weighted by Gasteiger charge is 2.06. The first-order valence-electron chi connectivity index (χ1n) is 5.28. The number of nitrogens with one attached hydrogen (secondary N) is 1. The van der Waals surface area contributed by atoms with Gasteiger partial charge in [0.1, 0.15) is 5.82 Å². The van der Waals surface area contributed by atoms with Crippen molar-refractivity contribution in [2.45, 2.75) is 13.5 Å². The number of rotatable bonds is 4. The van der Waals surface area contributed by atoms with Crippen LogP contribution in [0.25, 0.3) is 0 Å². The molecule has 0 fully saturated rings. The highest BCUT2D eigenvalue weighted by atomic mass is 79.9. The van der Waals surface area contributed by atoms with Gasteiger partial charge in [0.2, 0.25) is 0 Å². The highest BCUT2D eigenvalue weighted by molar-refractivity contribution is 9.10. The van der Waals surface area contributed by atoms with Crippen molar-refractivity contribution < 1.29 is 0 Å². The lowest BCUT2D eigenvalue weighted by Gasteiger charge is -2.22. The van der Waals surface area contributed by atoms with E-state index in [1.54, 1.807) is 6.20 Å². The maximum Gasteiger partial charge on any atom is 0.125 e. The van der Waals surface area contributed by atoms with E-state index in [2.05, 4.69) is 49.9 Å². The van der Waals surface area contributed by atoms with Crippen molar-refractivity contribution in [2.75, 3.05) is 11.4 Å². The Morgan fingerprint density at radius 1 is 1.44 bits per heavy atom. The standard InChI is InChI=1S/C12H14BrN3/c1-2-16(9-12-14-6-7-15-12)11-5-3-4-10(13)8-11/h3-8H,2,9H2,1H3,(H,14,15). The SMILES string of the molecule is CCN(Cc1ncc[nH]1)c1cccc(Br)c1. The molecule has 16 heavy (non-hydrogen) atoms. The Bertz CT molecular complexity index is 439. The smallest absolute Gasteiger partial charge is 0.125 e. The minimum absolute atomic E-state index is 0.806. The summed E-state index contributed by atoms with van der Waals surface area (Å²) in [6.07, 6.45) is 3.63. The number of halogens is 1. The lowest BCUT2D eigenvalue weighted by Crippen LogP contribution is -2.22. The molecule has 0 aliphatic rings. The fourth-order valence-corrected chi connectivity index (χ4v) is 2.01. The largest absolute Gasteiger partial charge is 0.364 e. The van der Waals surface area contributed by atoms with Crippen LogP contribution >= 0.6 is 15.9 Å². The second-order valence-corrected chi connectivity index (χ2v) is 4.45. The van der Waals surface area contributed by atoms with E-state index in [1.165, 1.54) is 5.69 Å². The molecule has 84 valence electrons. The van der Waals surface area contributed by atoms with Crippen molar-refractivity contribution in [3.63, 3.8) is 0 Å². The summed E-state index contributed by atoms with van der Waals surface area (Å²) in [7, 11) is 0. The summed E-state index contributed by atoms with van der Waals surface area (Å²) in [5, 5.41) is 0. The molecule has 0 amide bonds. The second kappa shape index (κ2) is 5.16. The van der Waals surface area contributed by atoms with Crippen LogP contribution in [-0.2, 0) is 6.54 Å². The lowest BCUT2D eigenvalue weighted by molar-refractivity contribution is 0.793. The minimum atomic E-state index is 0.806. The van der Waals surface area contributed by atoms with Gasteiger partial charge in [0.25, 0.3) is 0 Å². The van der Waals surface area contributed by atoms with Crippen LogP contribution in [0.15, 0.2) is 41.1 Å². The number of aromatic amines is 1. The summed E-state index contributed by atoms with van der Waals surface area (Å²) in [6, 6.07) is 8.30. The Labute approximate surface area is 104 Å². The van der Waals surface area contributed by atoms with Gasteiger partial charge in [0.15, 0.2) is 0 Å². The zero-order valence-electron chi connectivity index (χ0n) is 9.15. The third kappa shape index (κ3) is 2.64. The van der Waals surface area contributed by atoms with E-state index >= 15 is 0 Å². The number of imidazole rings is 1. The molecule has 1 heterocycles. The summed E-state index contributed by atoms with van der Waals surface area (Å²) in [6.45, 7) is 3.90. The maximum absolute atomic E-state index is 4.24. The average molecular weight is 280 g/mol. The molecule has 2 aromatic rings. The molecule has 1 aromatic carbocycles. The molecule has 0 aliphatic heterocycles. The Hall–Kier alpha value is -1.29. The molecular formula is C12H14BrN3. The topological polar surface area (TPSA) is 31.9 Å². The van der Waals surface area contributed by atoms with Crippen molar-refractivity contribution in [3.8, 4) is 0 Å². The zero-order chi connectivity index (χ0) is 11.4. The van der Waals surface area contributed by atoms with Gasteiger partial charge in [0, 0.05) is 29.1 Å². The van der Waals surface area contributed by atoms with E-state index < -0.39 is 0 Å². The van der Waals surface area contributed by atoms with E-state index in [0.29, 0.717) is 0 Å². The molecule has 0 atom stereocenters. The first-order valence-corrected chi connectivity index (χ1v) is 6.07. The molecular weight excluding hydrogens is 266 g/mol. The molecule has 3 nitrogen and oxygen atoms in total. The number of benzene rings is 1. The predicted molar refractivity (Wildman–Crippen MR) is 69.5 cm³/mol. The number of nitrogens with zero attached hydrogens (tertiary/aromatic N) is 2. The number of aromatic nitrogens is 2. The first kappa shape index (κ1) is 11.2. The molecule has 1 N–H and O–H groups in total.